The van der Waals surface area contributed by atoms with Crippen LogP contribution in [-0.2, 0) is 6.54 Å². The zero-order valence-electron chi connectivity index (χ0n) is 12.8. The van der Waals surface area contributed by atoms with Crippen molar-refractivity contribution >= 4 is 45.5 Å². The van der Waals surface area contributed by atoms with Gasteiger partial charge in [-0.3, -0.25) is 9.36 Å². The average Bonchev–Trinajstić information content (AvgIpc) is 2.72. The zero-order chi connectivity index (χ0) is 15.4. The fourth-order valence-corrected chi connectivity index (χ4v) is 4.32. The van der Waals surface area contributed by atoms with Crippen LogP contribution in [0.1, 0.15) is 36.1 Å². The van der Waals surface area contributed by atoms with Crippen LogP contribution in [0.25, 0.3) is 10.2 Å². The molecule has 0 radical (unpaired) electrons. The van der Waals surface area contributed by atoms with E-state index < -0.39 is 0 Å². The summed E-state index contributed by atoms with van der Waals surface area (Å²) in [7, 11) is 0. The predicted octanol–water partition coefficient (Wildman–Crippen LogP) is 4.66. The van der Waals surface area contributed by atoms with Gasteiger partial charge >= 0.3 is 0 Å². The minimum Gasteiger partial charge on any atom is -0.323 e. The molecule has 2 heterocycles. The molecule has 0 aliphatic rings. The standard InChI is InChI=1S/C15H22N2OS3/c1-10-11(2)21-13-12(10)14(18)17(15(19)16-13)8-6-4-5-7-9-20-3/h4-9H2,1-3H3,(H,16,19). The van der Waals surface area contributed by atoms with Gasteiger partial charge in [0.1, 0.15) is 4.83 Å². The lowest BCUT2D eigenvalue weighted by atomic mass is 10.2. The number of H-pyrrole nitrogens is 1. The Kier molecular flexibility index (Phi) is 6.08. The highest BCUT2D eigenvalue weighted by Gasteiger charge is 2.12. The first-order chi connectivity index (χ1) is 10.1. The van der Waals surface area contributed by atoms with Crippen molar-refractivity contribution in [2.45, 2.75) is 46.1 Å². The number of aromatic amines is 1. The van der Waals surface area contributed by atoms with Gasteiger partial charge in [0, 0.05) is 11.4 Å². The maximum atomic E-state index is 12.6. The minimum absolute atomic E-state index is 0.0692. The van der Waals surface area contributed by atoms with Crippen molar-refractivity contribution in [1.82, 2.24) is 9.55 Å². The molecule has 0 bridgehead atoms. The van der Waals surface area contributed by atoms with E-state index in [2.05, 4.69) is 11.2 Å². The van der Waals surface area contributed by atoms with Crippen molar-refractivity contribution in [1.29, 1.82) is 0 Å². The molecule has 0 amide bonds. The quantitative estimate of drug-likeness (QED) is 0.587. The Labute approximate surface area is 138 Å². The van der Waals surface area contributed by atoms with Crippen LogP contribution in [0.4, 0.5) is 0 Å². The molecule has 3 nitrogen and oxygen atoms in total. The summed E-state index contributed by atoms with van der Waals surface area (Å²) in [6.45, 7) is 4.78. The molecule has 2 aromatic rings. The molecule has 0 aliphatic heterocycles. The van der Waals surface area contributed by atoms with Gasteiger partial charge in [0.15, 0.2) is 4.77 Å². The molecule has 0 unspecified atom stereocenters. The van der Waals surface area contributed by atoms with Crippen LogP contribution >= 0.6 is 35.3 Å². The maximum absolute atomic E-state index is 12.6. The molecule has 0 spiro atoms. The number of aromatic nitrogens is 2. The van der Waals surface area contributed by atoms with Crippen molar-refractivity contribution in [3.8, 4) is 0 Å². The molecule has 6 heteroatoms. The van der Waals surface area contributed by atoms with Gasteiger partial charge in [-0.15, -0.1) is 11.3 Å². The first-order valence-corrected chi connectivity index (χ1v) is 9.90. The number of hydrogen-bond donors (Lipinski definition) is 1. The van der Waals surface area contributed by atoms with E-state index in [1.165, 1.54) is 23.5 Å². The van der Waals surface area contributed by atoms with Crippen molar-refractivity contribution in [3.05, 3.63) is 25.6 Å². The van der Waals surface area contributed by atoms with Gasteiger partial charge in [0.2, 0.25) is 0 Å². The highest BCUT2D eigenvalue weighted by molar-refractivity contribution is 7.98. The maximum Gasteiger partial charge on any atom is 0.263 e. The third kappa shape index (κ3) is 3.79. The van der Waals surface area contributed by atoms with Gasteiger partial charge in [-0.1, -0.05) is 12.8 Å². The Morgan fingerprint density at radius 3 is 2.67 bits per heavy atom. The summed E-state index contributed by atoms with van der Waals surface area (Å²) < 4.78 is 2.28. The van der Waals surface area contributed by atoms with Crippen LogP contribution in [0.2, 0.25) is 0 Å². The molecule has 1 N–H and O–H groups in total. The number of thioether (sulfide) groups is 1. The Morgan fingerprint density at radius 2 is 1.95 bits per heavy atom. The molecule has 0 saturated heterocycles. The van der Waals surface area contributed by atoms with Gasteiger partial charge in [-0.25, -0.2) is 0 Å². The number of hydrogen-bond acceptors (Lipinski definition) is 4. The lowest BCUT2D eigenvalue weighted by Crippen LogP contribution is -2.22. The molecule has 116 valence electrons. The Balaban J connectivity index is 2.15. The average molecular weight is 343 g/mol. The molecule has 0 fully saturated rings. The van der Waals surface area contributed by atoms with Gasteiger partial charge in [0.25, 0.3) is 5.56 Å². The molecule has 21 heavy (non-hydrogen) atoms. The second-order valence-electron chi connectivity index (χ2n) is 5.28. The second-order valence-corrected chi connectivity index (χ2v) is 7.88. The molecule has 0 aromatic carbocycles. The summed E-state index contributed by atoms with van der Waals surface area (Å²) in [6, 6.07) is 0. The van der Waals surface area contributed by atoms with Crippen LogP contribution in [0.15, 0.2) is 4.79 Å². The van der Waals surface area contributed by atoms with Crippen LogP contribution in [0.5, 0.6) is 0 Å². The van der Waals surface area contributed by atoms with E-state index >= 15 is 0 Å². The van der Waals surface area contributed by atoms with E-state index in [1.54, 1.807) is 15.9 Å². The summed E-state index contributed by atoms with van der Waals surface area (Å²) in [4.78, 5) is 17.9. The number of nitrogens with one attached hydrogen (secondary N) is 1. The van der Waals surface area contributed by atoms with Crippen molar-refractivity contribution in [3.63, 3.8) is 0 Å². The SMILES string of the molecule is CSCCCCCCn1c(=S)[nH]c2sc(C)c(C)c2c1=O. The van der Waals surface area contributed by atoms with E-state index in [4.69, 9.17) is 12.2 Å². The first kappa shape index (κ1) is 16.8. The third-order valence-corrected chi connectivity index (χ3v) is 5.93. The van der Waals surface area contributed by atoms with E-state index in [1.807, 2.05) is 25.6 Å². The zero-order valence-corrected chi connectivity index (χ0v) is 15.3. The van der Waals surface area contributed by atoms with Gasteiger partial charge in [-0.05, 0) is 56.5 Å². The molecule has 2 rings (SSSR count). The Morgan fingerprint density at radius 1 is 1.24 bits per heavy atom. The molecular formula is C15H22N2OS3. The Bertz CT molecular complexity index is 727. The largest absolute Gasteiger partial charge is 0.323 e. The van der Waals surface area contributed by atoms with Crippen LogP contribution in [-0.4, -0.2) is 21.6 Å². The molecular weight excluding hydrogens is 320 g/mol. The Hall–Kier alpha value is -0.590. The lowest BCUT2D eigenvalue weighted by molar-refractivity contribution is 0.564. The number of aryl methyl sites for hydroxylation is 2. The van der Waals surface area contributed by atoms with Crippen LogP contribution < -0.4 is 5.56 Å². The van der Waals surface area contributed by atoms with Crippen LogP contribution in [0, 0.1) is 18.6 Å². The molecule has 2 aromatic heterocycles. The summed E-state index contributed by atoms with van der Waals surface area (Å²) in [5.74, 6) is 1.22. The summed E-state index contributed by atoms with van der Waals surface area (Å²) in [5, 5.41) is 0.813. The van der Waals surface area contributed by atoms with Gasteiger partial charge in [0.05, 0.1) is 5.39 Å². The van der Waals surface area contributed by atoms with E-state index in [0.29, 0.717) is 4.77 Å². The number of unbranched alkanes of at least 4 members (excludes halogenated alkanes) is 3. The monoisotopic (exact) mass is 342 g/mol. The number of thiophene rings is 1. The topological polar surface area (TPSA) is 37.8 Å². The van der Waals surface area contributed by atoms with Gasteiger partial charge < -0.3 is 4.98 Å². The van der Waals surface area contributed by atoms with Gasteiger partial charge in [-0.2, -0.15) is 11.8 Å². The fourth-order valence-electron chi connectivity index (χ4n) is 2.44. The predicted molar refractivity (Wildman–Crippen MR) is 97.6 cm³/mol. The van der Waals surface area contributed by atoms with Crippen LogP contribution in [0.3, 0.4) is 0 Å². The number of rotatable bonds is 7. The van der Waals surface area contributed by atoms with E-state index in [0.717, 1.165) is 35.2 Å². The normalized spacial score (nSPS) is 11.4. The highest BCUT2D eigenvalue weighted by Crippen LogP contribution is 2.25. The summed E-state index contributed by atoms with van der Waals surface area (Å²) in [5.41, 5.74) is 1.15. The lowest BCUT2D eigenvalue weighted by Gasteiger charge is -2.06. The van der Waals surface area contributed by atoms with E-state index in [-0.39, 0.29) is 5.56 Å². The minimum atomic E-state index is 0.0692. The molecule has 0 atom stereocenters. The van der Waals surface area contributed by atoms with Crippen molar-refractivity contribution in [2.24, 2.45) is 0 Å². The van der Waals surface area contributed by atoms with Crippen molar-refractivity contribution < 1.29 is 0 Å². The highest BCUT2D eigenvalue weighted by atomic mass is 32.2. The van der Waals surface area contributed by atoms with Crippen molar-refractivity contribution in [2.75, 3.05) is 12.0 Å². The first-order valence-electron chi connectivity index (χ1n) is 7.28. The molecule has 0 aliphatic carbocycles. The summed E-state index contributed by atoms with van der Waals surface area (Å²) in [6.07, 6.45) is 6.79. The van der Waals surface area contributed by atoms with E-state index in [9.17, 15) is 4.79 Å². The fraction of sp³-hybridized carbons (Fsp3) is 0.600. The summed E-state index contributed by atoms with van der Waals surface area (Å²) >= 11 is 8.86. The number of fused-ring (bicyclic) bond motifs is 1. The second kappa shape index (κ2) is 7.61. The smallest absolute Gasteiger partial charge is 0.263 e. The molecule has 0 saturated carbocycles. The third-order valence-electron chi connectivity index (χ3n) is 3.79. The number of nitrogens with zero attached hydrogens (tertiary/aromatic N) is 1.